The molecule has 0 atom stereocenters. The Morgan fingerprint density at radius 1 is 0.148 bits per heavy atom. The lowest BCUT2D eigenvalue weighted by atomic mass is 10.0. The number of hydrogen-bond donors (Lipinski definition) is 0. The van der Waals surface area contributed by atoms with Crippen LogP contribution in [0.2, 0.25) is 0 Å². The molecule has 19 aliphatic heterocycles. The highest BCUT2D eigenvalue weighted by Crippen LogP contribution is 2.33. The van der Waals surface area contributed by atoms with Crippen molar-refractivity contribution in [2.75, 3.05) is 0 Å². The molecule has 0 spiro atoms. The molecule has 88 heavy (non-hydrogen) atoms. The van der Waals surface area contributed by atoms with Crippen molar-refractivity contribution in [1.29, 1.82) is 0 Å². The summed E-state index contributed by atoms with van der Waals surface area (Å²) in [5.41, 5.74) is 10.2. The molecule has 0 radical (unpaired) electrons. The van der Waals surface area contributed by atoms with E-state index in [1.807, 2.05) is 97.1 Å². The highest BCUT2D eigenvalue weighted by atomic mass is 16.5. The van der Waals surface area contributed by atoms with Crippen LogP contribution in [0.1, 0.15) is 63.7 Å². The third-order valence-corrected chi connectivity index (χ3v) is 14.6. The van der Waals surface area contributed by atoms with Crippen molar-refractivity contribution in [3.05, 3.63) is 336 Å². The van der Waals surface area contributed by atoms with Crippen LogP contribution in [0.25, 0.3) is 22.3 Å². The Labute approximate surface area is 506 Å². The summed E-state index contributed by atoms with van der Waals surface area (Å²) in [6, 6.07) is 86.5. The summed E-state index contributed by atoms with van der Waals surface area (Å²) in [4.78, 5) is 53.8. The molecular weight excluding hydrogens is 1100 g/mol. The summed E-state index contributed by atoms with van der Waals surface area (Å²) >= 11 is 0. The van der Waals surface area contributed by atoms with Gasteiger partial charge in [-0.15, -0.1) is 0 Å². The van der Waals surface area contributed by atoms with Gasteiger partial charge in [-0.1, -0.05) is 48.5 Å². The largest absolute Gasteiger partial charge is 0.457 e. The van der Waals surface area contributed by atoms with Crippen LogP contribution in [0.5, 0.6) is 46.0 Å². The second-order valence-corrected chi connectivity index (χ2v) is 20.5. The van der Waals surface area contributed by atoms with E-state index in [0.29, 0.717) is 113 Å². The van der Waals surface area contributed by atoms with Gasteiger partial charge in [0.1, 0.15) is 46.0 Å². The zero-order chi connectivity index (χ0) is 59.8. The maximum absolute atomic E-state index is 13.4. The molecule has 0 saturated heterocycles. The molecule has 0 aromatic heterocycles. The third kappa shape index (κ3) is 12.9. The normalized spacial score (nSPS) is 12.5. The first-order valence-electron chi connectivity index (χ1n) is 28.1. The van der Waals surface area contributed by atoms with E-state index in [-0.39, 0.29) is 23.1 Å². The molecular formula is C76H48N4O8. The molecule has 12 aromatic rings. The van der Waals surface area contributed by atoms with E-state index in [1.165, 1.54) is 0 Å². The first-order chi connectivity index (χ1) is 43.1. The topological polar surface area (TPSA) is 155 Å². The minimum Gasteiger partial charge on any atom is -0.457 e. The Hall–Kier alpha value is -12.3. The van der Waals surface area contributed by atoms with Crippen LogP contribution in [0.15, 0.2) is 312 Å². The van der Waals surface area contributed by atoms with E-state index in [1.54, 1.807) is 194 Å². The van der Waals surface area contributed by atoms with Crippen molar-refractivity contribution in [2.24, 2.45) is 20.5 Å². The highest BCUT2D eigenvalue weighted by Gasteiger charge is 2.15. The van der Waals surface area contributed by atoms with Crippen molar-refractivity contribution < 1.29 is 38.1 Å². The Balaban J connectivity index is 0.688. The summed E-state index contributed by atoms with van der Waals surface area (Å²) in [6.45, 7) is 0. The summed E-state index contributed by atoms with van der Waals surface area (Å²) < 4.78 is 24.5. The van der Waals surface area contributed by atoms with E-state index < -0.39 is 0 Å². The standard InChI is InChI=1S/C76H48N4O8/c81-73-53-1-25-61(26-2-53)77-78-62-27-3-54(4-28-62)74(82)58-19-43-70(44-20-58)86-67-37-13-51(14-38-67)52-15-39-68(40-16-52)88-72-47-23-60(24-48-72)76(84)56-7-31-64(32-8-56)80-79-63-29-5-55(6-30-63)75(83)59-21-45-71(46-22-59)87-66-35-11-50(12-36-66)49-9-33-65(34-10-49)85-69-41-17-57(73)18-42-69/h1-48H. The van der Waals surface area contributed by atoms with E-state index in [9.17, 15) is 19.2 Å². The molecule has 24 bridgehead atoms. The zero-order valence-corrected chi connectivity index (χ0v) is 46.8. The van der Waals surface area contributed by atoms with Gasteiger partial charge in [0, 0.05) is 44.5 Å². The van der Waals surface area contributed by atoms with Crippen molar-refractivity contribution >= 4 is 45.9 Å². The van der Waals surface area contributed by atoms with Crippen LogP contribution in [0.4, 0.5) is 22.7 Å². The number of carbonyl (C=O) groups excluding carboxylic acids is 4. The second-order valence-electron chi connectivity index (χ2n) is 20.5. The molecule has 0 unspecified atom stereocenters. The number of rotatable bonds is 0. The number of benzene rings is 12. The first-order valence-corrected chi connectivity index (χ1v) is 28.1. The monoisotopic (exact) mass is 1140 g/mol. The molecule has 0 amide bonds. The lowest BCUT2D eigenvalue weighted by Crippen LogP contribution is -2.00. The number of carbonyl (C=O) groups is 4. The Kier molecular flexibility index (Phi) is 15.5. The van der Waals surface area contributed by atoms with Gasteiger partial charge in [0.25, 0.3) is 0 Å². The maximum Gasteiger partial charge on any atom is 0.193 e. The number of nitrogens with zero attached hydrogens (tertiary/aromatic N) is 4. The Morgan fingerprint density at radius 2 is 0.261 bits per heavy atom. The SMILES string of the molecule is O=C1c2ccc(cc2)N=Nc2ccc(cc2)C(=O)c2ccc(cc2)Oc2ccc(cc2)-c2ccc(cc2)Oc2ccc(cc2)C(=O)c2ccc(cc2)N=Nc2ccc(cc2)C(=O)c2ccc(cc2)Oc2ccc(cc2)-c2ccc(cc2)Oc2ccc1cc2. The van der Waals surface area contributed by atoms with Crippen molar-refractivity contribution in [3.8, 4) is 68.2 Å². The van der Waals surface area contributed by atoms with Gasteiger partial charge in [0.15, 0.2) is 23.1 Å². The minimum absolute atomic E-state index is 0.148. The summed E-state index contributed by atoms with van der Waals surface area (Å²) in [7, 11) is 0. The molecule has 0 N–H and O–H groups in total. The van der Waals surface area contributed by atoms with Gasteiger partial charge >= 0.3 is 0 Å². The maximum atomic E-state index is 13.4. The van der Waals surface area contributed by atoms with Crippen LogP contribution in [0.3, 0.4) is 0 Å². The molecule has 0 saturated carbocycles. The van der Waals surface area contributed by atoms with Gasteiger partial charge in [-0.25, -0.2) is 0 Å². The van der Waals surface area contributed by atoms with Crippen LogP contribution in [0, 0.1) is 0 Å². The van der Waals surface area contributed by atoms with Gasteiger partial charge < -0.3 is 18.9 Å². The predicted molar refractivity (Wildman–Crippen MR) is 338 cm³/mol. The first kappa shape index (κ1) is 54.9. The summed E-state index contributed by atoms with van der Waals surface area (Å²) in [5.74, 6) is 4.29. The molecule has 0 fully saturated rings. The number of hydrogen-bond acceptors (Lipinski definition) is 12. The molecule has 0 aliphatic carbocycles. The van der Waals surface area contributed by atoms with Crippen LogP contribution in [-0.4, -0.2) is 23.1 Å². The van der Waals surface area contributed by atoms with E-state index in [4.69, 9.17) is 18.9 Å². The molecule has 12 heteroatoms. The fourth-order valence-electron chi connectivity index (χ4n) is 9.72. The van der Waals surface area contributed by atoms with E-state index in [2.05, 4.69) is 20.5 Å². The van der Waals surface area contributed by atoms with Gasteiger partial charge in [0.05, 0.1) is 22.7 Å². The van der Waals surface area contributed by atoms with Crippen molar-refractivity contribution in [2.45, 2.75) is 0 Å². The molecule has 31 rings (SSSR count). The molecule has 420 valence electrons. The zero-order valence-electron chi connectivity index (χ0n) is 46.8. The minimum atomic E-state index is -0.148. The molecule has 19 aliphatic rings. The molecule has 12 nitrogen and oxygen atoms in total. The smallest absolute Gasteiger partial charge is 0.193 e. The van der Waals surface area contributed by atoms with Crippen LogP contribution < -0.4 is 18.9 Å². The number of azo groups is 2. The fourth-order valence-corrected chi connectivity index (χ4v) is 9.72. The molecule has 12 aromatic carbocycles. The van der Waals surface area contributed by atoms with E-state index >= 15 is 0 Å². The summed E-state index contributed by atoms with van der Waals surface area (Å²) in [5, 5.41) is 17.4. The van der Waals surface area contributed by atoms with Gasteiger partial charge in [-0.05, 0) is 265 Å². The number of ketones is 4. The van der Waals surface area contributed by atoms with Crippen LogP contribution >= 0.6 is 0 Å². The Bertz CT molecular complexity index is 3960. The Morgan fingerprint density at radius 3 is 0.398 bits per heavy atom. The van der Waals surface area contributed by atoms with E-state index in [0.717, 1.165) is 22.3 Å². The third-order valence-electron chi connectivity index (χ3n) is 14.6. The van der Waals surface area contributed by atoms with Gasteiger partial charge in [-0.2, -0.15) is 20.5 Å². The van der Waals surface area contributed by atoms with Gasteiger partial charge in [0.2, 0.25) is 0 Å². The quantitative estimate of drug-likeness (QED) is 0.145. The fraction of sp³-hybridized carbons (Fsp3) is 0. The average molecular weight is 1150 g/mol. The molecule has 19 heterocycles. The lowest BCUT2D eigenvalue weighted by molar-refractivity contribution is 0.103. The summed E-state index contributed by atoms with van der Waals surface area (Å²) in [6.07, 6.45) is 0. The number of ether oxygens (including phenoxy) is 4. The van der Waals surface area contributed by atoms with Crippen molar-refractivity contribution in [3.63, 3.8) is 0 Å². The highest BCUT2D eigenvalue weighted by molar-refractivity contribution is 6.11. The lowest BCUT2D eigenvalue weighted by Gasteiger charge is -2.10. The van der Waals surface area contributed by atoms with Gasteiger partial charge in [-0.3, -0.25) is 19.2 Å². The average Bonchev–Trinajstić information content (AvgIpc) is 3.58. The van der Waals surface area contributed by atoms with Crippen LogP contribution in [-0.2, 0) is 0 Å². The second kappa shape index (κ2) is 24.9. The predicted octanol–water partition coefficient (Wildman–Crippen LogP) is 20.3. The van der Waals surface area contributed by atoms with Crippen molar-refractivity contribution in [1.82, 2.24) is 0 Å².